The molecule has 1 aliphatic carbocycles. The van der Waals surface area contributed by atoms with E-state index in [0.29, 0.717) is 25.3 Å². The Balaban J connectivity index is 1.59. The summed E-state index contributed by atoms with van der Waals surface area (Å²) in [7, 11) is 0. The van der Waals surface area contributed by atoms with Crippen LogP contribution in [0.4, 0.5) is 13.2 Å². The van der Waals surface area contributed by atoms with Crippen molar-refractivity contribution < 1.29 is 18.0 Å². The van der Waals surface area contributed by atoms with E-state index in [-0.39, 0.29) is 23.7 Å². The number of benzene rings is 1. The molecule has 0 N–H and O–H groups in total. The SMILES string of the molecule is O=C(c1ccccc1C(F)(F)F)N1CCCC1Cn1nc(C2CC2)ccc1=O. The fourth-order valence-electron chi connectivity index (χ4n) is 3.76. The van der Waals surface area contributed by atoms with Crippen molar-refractivity contribution in [3.05, 3.63) is 63.6 Å². The van der Waals surface area contributed by atoms with Crippen LogP contribution in [0.2, 0.25) is 0 Å². The van der Waals surface area contributed by atoms with Crippen molar-refractivity contribution in [1.29, 1.82) is 0 Å². The molecule has 1 unspecified atom stereocenters. The summed E-state index contributed by atoms with van der Waals surface area (Å²) < 4.78 is 41.2. The van der Waals surface area contributed by atoms with Gasteiger partial charge in [0.1, 0.15) is 0 Å². The van der Waals surface area contributed by atoms with E-state index in [1.807, 2.05) is 0 Å². The van der Waals surface area contributed by atoms with Crippen molar-refractivity contribution in [3.63, 3.8) is 0 Å². The molecule has 1 aromatic carbocycles. The van der Waals surface area contributed by atoms with Crippen molar-refractivity contribution in [2.45, 2.75) is 50.4 Å². The molecule has 1 aromatic heterocycles. The second-order valence-corrected chi connectivity index (χ2v) is 7.39. The van der Waals surface area contributed by atoms with Crippen LogP contribution in [0.25, 0.3) is 0 Å². The Bertz CT molecular complexity index is 950. The van der Waals surface area contributed by atoms with Gasteiger partial charge in [0.2, 0.25) is 0 Å². The molecule has 148 valence electrons. The second kappa shape index (κ2) is 7.07. The number of hydrogen-bond donors (Lipinski definition) is 0. The number of hydrogen-bond acceptors (Lipinski definition) is 3. The number of alkyl halides is 3. The van der Waals surface area contributed by atoms with E-state index in [1.165, 1.54) is 33.8 Å². The zero-order valence-corrected chi connectivity index (χ0v) is 15.2. The lowest BCUT2D eigenvalue weighted by Crippen LogP contribution is -2.41. The molecule has 2 fully saturated rings. The van der Waals surface area contributed by atoms with E-state index in [0.717, 1.165) is 24.6 Å². The first-order valence-electron chi connectivity index (χ1n) is 9.40. The van der Waals surface area contributed by atoms with Gasteiger partial charge in [0, 0.05) is 18.5 Å². The van der Waals surface area contributed by atoms with Gasteiger partial charge < -0.3 is 4.90 Å². The van der Waals surface area contributed by atoms with Crippen molar-refractivity contribution in [1.82, 2.24) is 14.7 Å². The number of carbonyl (C=O) groups is 1. The summed E-state index contributed by atoms with van der Waals surface area (Å²) in [6.07, 6.45) is -1.19. The Morgan fingerprint density at radius 2 is 1.86 bits per heavy atom. The third-order valence-electron chi connectivity index (χ3n) is 5.37. The van der Waals surface area contributed by atoms with Crippen molar-refractivity contribution in [2.75, 3.05) is 6.54 Å². The minimum Gasteiger partial charge on any atom is -0.334 e. The fourth-order valence-corrected chi connectivity index (χ4v) is 3.76. The molecule has 1 aliphatic heterocycles. The number of rotatable bonds is 4. The van der Waals surface area contributed by atoms with Gasteiger partial charge in [0.15, 0.2) is 0 Å². The molecule has 0 spiro atoms. The zero-order chi connectivity index (χ0) is 19.9. The normalized spacial score (nSPS) is 19.8. The molecule has 2 aromatic rings. The van der Waals surface area contributed by atoms with Crippen molar-refractivity contribution in [2.24, 2.45) is 0 Å². The summed E-state index contributed by atoms with van der Waals surface area (Å²) in [5.74, 6) is -0.270. The summed E-state index contributed by atoms with van der Waals surface area (Å²) >= 11 is 0. The molecule has 4 rings (SSSR count). The first-order valence-corrected chi connectivity index (χ1v) is 9.40. The van der Waals surface area contributed by atoms with Gasteiger partial charge in [-0.25, -0.2) is 4.68 Å². The van der Waals surface area contributed by atoms with Gasteiger partial charge in [0.25, 0.3) is 11.5 Å². The third kappa shape index (κ3) is 3.68. The van der Waals surface area contributed by atoms with Crippen LogP contribution >= 0.6 is 0 Å². The Labute approximate surface area is 159 Å². The zero-order valence-electron chi connectivity index (χ0n) is 15.2. The molecule has 1 saturated carbocycles. The van der Waals surface area contributed by atoms with Crippen LogP contribution in [-0.2, 0) is 12.7 Å². The average molecular weight is 391 g/mol. The summed E-state index contributed by atoms with van der Waals surface area (Å²) in [5, 5.41) is 4.41. The maximum absolute atomic E-state index is 13.3. The minimum atomic E-state index is -4.60. The summed E-state index contributed by atoms with van der Waals surface area (Å²) in [4.78, 5) is 26.5. The smallest absolute Gasteiger partial charge is 0.334 e. The number of carbonyl (C=O) groups excluding carboxylic acids is 1. The summed E-state index contributed by atoms with van der Waals surface area (Å²) in [5.41, 5.74) is -0.692. The molecule has 1 amide bonds. The predicted octanol–water partition coefficient (Wildman–Crippen LogP) is 3.44. The van der Waals surface area contributed by atoms with Gasteiger partial charge in [-0.15, -0.1) is 0 Å². The van der Waals surface area contributed by atoms with Gasteiger partial charge >= 0.3 is 6.18 Å². The molecule has 2 aliphatic rings. The first-order chi connectivity index (χ1) is 13.3. The molecule has 5 nitrogen and oxygen atoms in total. The summed E-state index contributed by atoms with van der Waals surface area (Å²) in [6.45, 7) is 0.562. The van der Waals surface area contributed by atoms with Crippen LogP contribution in [0.3, 0.4) is 0 Å². The molecule has 1 atom stereocenters. The Morgan fingerprint density at radius 1 is 1.11 bits per heavy atom. The third-order valence-corrected chi connectivity index (χ3v) is 5.37. The quantitative estimate of drug-likeness (QED) is 0.802. The van der Waals surface area contributed by atoms with E-state index in [4.69, 9.17) is 0 Å². The Morgan fingerprint density at radius 3 is 2.57 bits per heavy atom. The number of likely N-dealkylation sites (tertiary alicyclic amines) is 1. The maximum Gasteiger partial charge on any atom is 0.417 e. The molecular formula is C20H20F3N3O2. The van der Waals surface area contributed by atoms with Crippen LogP contribution < -0.4 is 5.56 Å². The molecule has 2 heterocycles. The standard InChI is InChI=1S/C20H20F3N3O2/c21-20(22,23)16-6-2-1-5-15(16)19(28)25-11-3-4-14(25)12-26-18(27)10-9-17(24-26)13-7-8-13/h1-2,5-6,9-10,13-14H,3-4,7-8,11-12H2. The lowest BCUT2D eigenvalue weighted by atomic mass is 10.1. The fraction of sp³-hybridized carbons (Fsp3) is 0.450. The number of aromatic nitrogens is 2. The van der Waals surface area contributed by atoms with E-state index in [9.17, 15) is 22.8 Å². The van der Waals surface area contributed by atoms with Crippen molar-refractivity contribution >= 4 is 5.91 Å². The highest BCUT2D eigenvalue weighted by Gasteiger charge is 2.38. The molecule has 0 radical (unpaired) electrons. The van der Waals surface area contributed by atoms with Crippen LogP contribution in [0.5, 0.6) is 0 Å². The van der Waals surface area contributed by atoms with Gasteiger partial charge in [-0.3, -0.25) is 9.59 Å². The predicted molar refractivity (Wildman–Crippen MR) is 96.0 cm³/mol. The largest absolute Gasteiger partial charge is 0.417 e. The summed E-state index contributed by atoms with van der Waals surface area (Å²) in [6, 6.07) is 7.68. The van der Waals surface area contributed by atoms with E-state index in [1.54, 1.807) is 6.07 Å². The monoisotopic (exact) mass is 391 g/mol. The number of amides is 1. The lowest BCUT2D eigenvalue weighted by molar-refractivity contribution is -0.138. The van der Waals surface area contributed by atoms with Gasteiger partial charge in [-0.05, 0) is 43.9 Å². The van der Waals surface area contributed by atoms with E-state index < -0.39 is 17.6 Å². The minimum absolute atomic E-state index is 0.194. The molecular weight excluding hydrogens is 371 g/mol. The van der Waals surface area contributed by atoms with Crippen LogP contribution in [0.1, 0.15) is 53.2 Å². The average Bonchev–Trinajstić information content (AvgIpc) is 3.41. The van der Waals surface area contributed by atoms with E-state index in [2.05, 4.69) is 5.10 Å². The Hall–Kier alpha value is -2.64. The van der Waals surface area contributed by atoms with Gasteiger partial charge in [0.05, 0.1) is 29.4 Å². The van der Waals surface area contributed by atoms with Crippen LogP contribution in [0.15, 0.2) is 41.2 Å². The number of halogens is 3. The topological polar surface area (TPSA) is 55.2 Å². The Kier molecular flexibility index (Phi) is 4.72. The molecule has 0 bridgehead atoms. The van der Waals surface area contributed by atoms with E-state index >= 15 is 0 Å². The van der Waals surface area contributed by atoms with Crippen molar-refractivity contribution in [3.8, 4) is 0 Å². The highest BCUT2D eigenvalue weighted by molar-refractivity contribution is 5.96. The van der Waals surface area contributed by atoms with Gasteiger partial charge in [-0.1, -0.05) is 12.1 Å². The van der Waals surface area contributed by atoms with Gasteiger partial charge in [-0.2, -0.15) is 18.3 Å². The maximum atomic E-state index is 13.3. The first kappa shape index (κ1) is 18.7. The number of nitrogens with zero attached hydrogens (tertiary/aromatic N) is 3. The van der Waals surface area contributed by atoms with Crippen LogP contribution in [0, 0.1) is 0 Å². The molecule has 28 heavy (non-hydrogen) atoms. The lowest BCUT2D eigenvalue weighted by Gasteiger charge is -2.26. The second-order valence-electron chi connectivity index (χ2n) is 7.39. The molecule has 8 heteroatoms. The highest BCUT2D eigenvalue weighted by Crippen LogP contribution is 2.38. The van der Waals surface area contributed by atoms with Crippen LogP contribution in [-0.4, -0.2) is 33.2 Å². The highest BCUT2D eigenvalue weighted by atomic mass is 19.4. The molecule has 1 saturated heterocycles.